The number of hydrogen-bond acceptors (Lipinski definition) is 5. The van der Waals surface area contributed by atoms with E-state index in [2.05, 4.69) is 24.1 Å². The van der Waals surface area contributed by atoms with Gasteiger partial charge in [-0.3, -0.25) is 0 Å². The molecule has 18 heavy (non-hydrogen) atoms. The Morgan fingerprint density at radius 2 is 2.39 bits per heavy atom. The second-order valence-electron chi connectivity index (χ2n) is 4.89. The number of aromatic nitrogens is 1. The first-order valence-corrected chi connectivity index (χ1v) is 9.11. The van der Waals surface area contributed by atoms with Gasteiger partial charge < -0.3 is 5.32 Å². The maximum atomic E-state index is 11.5. The average molecular weight is 288 g/mol. The number of nitrogens with zero attached hydrogens (tertiary/aromatic N) is 1. The van der Waals surface area contributed by atoms with E-state index in [1.54, 1.807) is 11.3 Å². The fraction of sp³-hybridized carbons (Fsp3) is 0.750. The summed E-state index contributed by atoms with van der Waals surface area (Å²) in [6, 6.07) is 0.243. The molecule has 1 N–H and O–H groups in total. The zero-order valence-electron chi connectivity index (χ0n) is 10.8. The number of rotatable bonds is 5. The predicted octanol–water partition coefficient (Wildman–Crippen LogP) is 2.11. The summed E-state index contributed by atoms with van der Waals surface area (Å²) in [6.07, 6.45) is 1.83. The third kappa shape index (κ3) is 3.30. The van der Waals surface area contributed by atoms with Crippen LogP contribution < -0.4 is 5.32 Å². The number of hydrogen-bond donors (Lipinski definition) is 1. The maximum Gasteiger partial charge on any atom is 0.151 e. The predicted molar refractivity (Wildman–Crippen MR) is 74.8 cm³/mol. The summed E-state index contributed by atoms with van der Waals surface area (Å²) in [5.74, 6) is 0.708. The van der Waals surface area contributed by atoms with E-state index in [4.69, 9.17) is 0 Å². The molecule has 102 valence electrons. The molecule has 0 aromatic carbocycles. The van der Waals surface area contributed by atoms with Crippen molar-refractivity contribution < 1.29 is 8.42 Å². The molecule has 6 heteroatoms. The van der Waals surface area contributed by atoms with Gasteiger partial charge in [0.15, 0.2) is 9.84 Å². The molecule has 2 atom stereocenters. The van der Waals surface area contributed by atoms with Crippen molar-refractivity contribution in [2.24, 2.45) is 0 Å². The van der Waals surface area contributed by atoms with Gasteiger partial charge in [0.2, 0.25) is 0 Å². The minimum atomic E-state index is -2.82. The first-order chi connectivity index (χ1) is 8.52. The van der Waals surface area contributed by atoms with Crippen LogP contribution in [0, 0.1) is 0 Å². The summed E-state index contributed by atoms with van der Waals surface area (Å²) in [6.45, 7) is 5.21. The summed E-state index contributed by atoms with van der Waals surface area (Å²) in [7, 11) is -2.82. The van der Waals surface area contributed by atoms with Gasteiger partial charge in [-0.05, 0) is 26.3 Å². The van der Waals surface area contributed by atoms with Crippen LogP contribution in [0.5, 0.6) is 0 Å². The topological polar surface area (TPSA) is 59.1 Å². The van der Waals surface area contributed by atoms with Gasteiger partial charge >= 0.3 is 0 Å². The number of thiazole rings is 1. The van der Waals surface area contributed by atoms with Crippen molar-refractivity contribution in [3.05, 3.63) is 16.1 Å². The van der Waals surface area contributed by atoms with Crippen LogP contribution in [-0.4, -0.2) is 31.5 Å². The van der Waals surface area contributed by atoms with E-state index in [0.29, 0.717) is 5.75 Å². The highest BCUT2D eigenvalue weighted by molar-refractivity contribution is 7.91. The lowest BCUT2D eigenvalue weighted by molar-refractivity contribution is 0.558. The Balaban J connectivity index is 2.02. The molecule has 2 heterocycles. The van der Waals surface area contributed by atoms with Crippen LogP contribution in [0.2, 0.25) is 0 Å². The third-order valence-corrected chi connectivity index (χ3v) is 6.06. The molecule has 0 aliphatic carbocycles. The van der Waals surface area contributed by atoms with Crippen LogP contribution in [0.25, 0.3) is 0 Å². The van der Waals surface area contributed by atoms with Gasteiger partial charge in [0.1, 0.15) is 0 Å². The van der Waals surface area contributed by atoms with Gasteiger partial charge in [0, 0.05) is 17.3 Å². The standard InChI is InChI=1S/C12H20N2O2S2/c1-3-5-13-9(2)11-7-17-12(14-11)10-4-6-18(15,16)8-10/h7,9-10,13H,3-6,8H2,1-2H3. The minimum absolute atomic E-state index is 0.118. The number of nitrogens with one attached hydrogen (secondary N) is 1. The molecule has 1 aliphatic rings. The average Bonchev–Trinajstić information content (AvgIpc) is 2.92. The molecular formula is C12H20N2O2S2. The molecule has 1 saturated heterocycles. The third-order valence-electron chi connectivity index (χ3n) is 3.27. The maximum absolute atomic E-state index is 11.5. The van der Waals surface area contributed by atoms with Crippen molar-refractivity contribution >= 4 is 21.2 Å². The van der Waals surface area contributed by atoms with Gasteiger partial charge in [0.25, 0.3) is 0 Å². The van der Waals surface area contributed by atoms with Crippen molar-refractivity contribution in [3.63, 3.8) is 0 Å². The summed E-state index contributed by atoms with van der Waals surface area (Å²) in [5.41, 5.74) is 1.03. The molecular weight excluding hydrogens is 268 g/mol. The number of sulfone groups is 1. The van der Waals surface area contributed by atoms with E-state index in [1.165, 1.54) is 0 Å². The molecule has 0 radical (unpaired) electrons. The quantitative estimate of drug-likeness (QED) is 0.901. The largest absolute Gasteiger partial charge is 0.309 e. The molecule has 2 unspecified atom stereocenters. The van der Waals surface area contributed by atoms with E-state index in [9.17, 15) is 8.42 Å². The molecule has 1 aromatic rings. The molecule has 1 fully saturated rings. The molecule has 4 nitrogen and oxygen atoms in total. The van der Waals surface area contributed by atoms with Crippen molar-refractivity contribution in [2.75, 3.05) is 18.1 Å². The van der Waals surface area contributed by atoms with Crippen molar-refractivity contribution in [1.82, 2.24) is 10.3 Å². The Bertz CT molecular complexity index is 496. The van der Waals surface area contributed by atoms with Crippen LogP contribution in [0.4, 0.5) is 0 Å². The normalized spacial score (nSPS) is 24.2. The Kier molecular flexibility index (Phi) is 4.40. The molecule has 0 amide bonds. The van der Waals surface area contributed by atoms with Crippen LogP contribution in [0.1, 0.15) is 49.4 Å². The molecule has 2 rings (SSSR count). The summed E-state index contributed by atoms with van der Waals surface area (Å²) in [4.78, 5) is 4.60. The van der Waals surface area contributed by atoms with E-state index in [-0.39, 0.29) is 17.7 Å². The van der Waals surface area contributed by atoms with E-state index in [0.717, 1.165) is 30.1 Å². The smallest absolute Gasteiger partial charge is 0.151 e. The SMILES string of the molecule is CCCNC(C)c1csc(C2CCS(=O)(=O)C2)n1. The summed E-state index contributed by atoms with van der Waals surface area (Å²) < 4.78 is 22.9. The summed E-state index contributed by atoms with van der Waals surface area (Å²) >= 11 is 1.59. The highest BCUT2D eigenvalue weighted by Crippen LogP contribution is 2.31. The van der Waals surface area contributed by atoms with Crippen LogP contribution in [0.15, 0.2) is 5.38 Å². The highest BCUT2D eigenvalue weighted by Gasteiger charge is 2.31. The second-order valence-corrected chi connectivity index (χ2v) is 8.00. The fourth-order valence-corrected chi connectivity index (χ4v) is 5.05. The minimum Gasteiger partial charge on any atom is -0.309 e. The van der Waals surface area contributed by atoms with Gasteiger partial charge in [-0.2, -0.15) is 0 Å². The first-order valence-electron chi connectivity index (χ1n) is 6.41. The summed E-state index contributed by atoms with van der Waals surface area (Å²) in [5, 5.41) is 6.43. The lowest BCUT2D eigenvalue weighted by Gasteiger charge is -2.10. The van der Waals surface area contributed by atoms with Gasteiger partial charge in [-0.25, -0.2) is 13.4 Å². The van der Waals surface area contributed by atoms with E-state index in [1.807, 2.05) is 5.38 Å². The molecule has 0 bridgehead atoms. The van der Waals surface area contributed by atoms with Crippen molar-refractivity contribution in [1.29, 1.82) is 0 Å². The Morgan fingerprint density at radius 3 is 3.00 bits per heavy atom. The monoisotopic (exact) mass is 288 g/mol. The van der Waals surface area contributed by atoms with E-state index >= 15 is 0 Å². The fourth-order valence-electron chi connectivity index (χ4n) is 2.14. The molecule has 0 spiro atoms. The molecule has 1 aromatic heterocycles. The zero-order valence-corrected chi connectivity index (χ0v) is 12.5. The Hall–Kier alpha value is -0.460. The second kappa shape index (κ2) is 5.67. The lowest BCUT2D eigenvalue weighted by Crippen LogP contribution is -2.19. The lowest BCUT2D eigenvalue weighted by atomic mass is 10.1. The highest BCUT2D eigenvalue weighted by atomic mass is 32.2. The van der Waals surface area contributed by atoms with Crippen molar-refractivity contribution in [3.8, 4) is 0 Å². The van der Waals surface area contributed by atoms with E-state index < -0.39 is 9.84 Å². The van der Waals surface area contributed by atoms with Gasteiger partial charge in [-0.15, -0.1) is 11.3 Å². The van der Waals surface area contributed by atoms with Crippen LogP contribution in [0.3, 0.4) is 0 Å². The first kappa shape index (κ1) is 14.0. The van der Waals surface area contributed by atoms with Crippen molar-refractivity contribution in [2.45, 2.75) is 38.6 Å². The Morgan fingerprint density at radius 1 is 1.61 bits per heavy atom. The van der Waals surface area contributed by atoms with Crippen LogP contribution >= 0.6 is 11.3 Å². The van der Waals surface area contributed by atoms with Gasteiger partial charge in [0.05, 0.1) is 22.2 Å². The zero-order chi connectivity index (χ0) is 13.2. The van der Waals surface area contributed by atoms with Gasteiger partial charge in [-0.1, -0.05) is 6.92 Å². The molecule has 0 saturated carbocycles. The van der Waals surface area contributed by atoms with Crippen LogP contribution in [-0.2, 0) is 9.84 Å². The molecule has 1 aliphatic heterocycles. The Labute approximate surface area is 113 Å².